The minimum Gasteiger partial charge on any atom is -0.550 e. The molecule has 1 aromatic heterocycles. The monoisotopic (exact) mass is 291 g/mol. The van der Waals surface area contributed by atoms with Gasteiger partial charge in [0.05, 0.1) is 5.69 Å². The Kier molecular flexibility index (Phi) is 3.42. The van der Waals surface area contributed by atoms with E-state index in [-0.39, 0.29) is 13.2 Å². The maximum atomic E-state index is 10.5. The molecule has 20 heavy (non-hydrogen) atoms. The zero-order valence-electron chi connectivity index (χ0n) is 10.4. The minimum atomic E-state index is -1.13. The van der Waals surface area contributed by atoms with Gasteiger partial charge in [-0.3, -0.25) is 0 Å². The van der Waals surface area contributed by atoms with Crippen molar-refractivity contribution in [1.29, 1.82) is 0 Å². The molecule has 0 atom stereocenters. The fourth-order valence-electron chi connectivity index (χ4n) is 1.85. The normalized spacial score (nSPS) is 12.4. The Morgan fingerprint density at radius 1 is 1.40 bits per heavy atom. The lowest BCUT2D eigenvalue weighted by Gasteiger charge is -2.04. The third-order valence-electron chi connectivity index (χ3n) is 2.76. The van der Waals surface area contributed by atoms with Crippen LogP contribution in [0.4, 0.5) is 5.13 Å². The van der Waals surface area contributed by atoms with Gasteiger partial charge in [-0.15, -0.1) is 11.3 Å². The van der Waals surface area contributed by atoms with Crippen LogP contribution < -0.4 is 19.9 Å². The van der Waals surface area contributed by atoms with Crippen LogP contribution in [0, 0.1) is 0 Å². The molecule has 1 aromatic carbocycles. The zero-order chi connectivity index (χ0) is 13.9. The molecule has 1 aliphatic rings. The van der Waals surface area contributed by atoms with Crippen molar-refractivity contribution in [3.8, 4) is 11.5 Å². The number of nitrogens with zero attached hydrogens (tertiary/aromatic N) is 1. The van der Waals surface area contributed by atoms with Crippen molar-refractivity contribution in [1.82, 2.24) is 4.98 Å². The molecule has 0 radical (unpaired) electrons. The topological polar surface area (TPSA) is 83.5 Å². The van der Waals surface area contributed by atoms with E-state index in [4.69, 9.17) is 9.47 Å². The number of aliphatic carboxylic acids is 1. The van der Waals surface area contributed by atoms with Gasteiger partial charge in [0.2, 0.25) is 6.79 Å². The predicted octanol–water partition coefficient (Wildman–Crippen LogP) is 0.776. The van der Waals surface area contributed by atoms with Gasteiger partial charge >= 0.3 is 0 Å². The van der Waals surface area contributed by atoms with Crippen LogP contribution in [0.2, 0.25) is 0 Å². The molecule has 104 valence electrons. The number of fused-ring (bicyclic) bond motifs is 1. The van der Waals surface area contributed by atoms with Crippen molar-refractivity contribution in [2.24, 2.45) is 0 Å². The van der Waals surface area contributed by atoms with E-state index in [0.29, 0.717) is 17.4 Å². The lowest BCUT2D eigenvalue weighted by Crippen LogP contribution is -2.24. The second-order valence-corrected chi connectivity index (χ2v) is 5.09. The third kappa shape index (κ3) is 2.83. The van der Waals surface area contributed by atoms with E-state index in [2.05, 4.69) is 10.3 Å². The third-order valence-corrected chi connectivity index (χ3v) is 3.61. The van der Waals surface area contributed by atoms with E-state index in [1.807, 2.05) is 18.2 Å². The van der Waals surface area contributed by atoms with Crippen molar-refractivity contribution >= 4 is 22.4 Å². The Morgan fingerprint density at radius 2 is 2.25 bits per heavy atom. The van der Waals surface area contributed by atoms with Crippen molar-refractivity contribution < 1.29 is 19.4 Å². The van der Waals surface area contributed by atoms with Crippen LogP contribution in [0.1, 0.15) is 11.3 Å². The van der Waals surface area contributed by atoms with Crippen LogP contribution in [-0.2, 0) is 17.8 Å². The second kappa shape index (κ2) is 5.38. The highest BCUT2D eigenvalue weighted by Gasteiger charge is 2.13. The van der Waals surface area contributed by atoms with E-state index in [1.165, 1.54) is 11.3 Å². The number of thiazole rings is 1. The average Bonchev–Trinajstić information content (AvgIpc) is 3.03. The number of carbonyl (C=O) groups excluding carboxylic acids is 1. The number of carboxylic acids is 1. The summed E-state index contributed by atoms with van der Waals surface area (Å²) in [4.78, 5) is 14.6. The second-order valence-electron chi connectivity index (χ2n) is 4.23. The highest BCUT2D eigenvalue weighted by atomic mass is 32.1. The number of nitrogens with one attached hydrogen (secondary N) is 1. The lowest BCUT2D eigenvalue weighted by molar-refractivity contribution is -0.304. The summed E-state index contributed by atoms with van der Waals surface area (Å²) in [7, 11) is 0. The molecule has 0 fully saturated rings. The number of carboxylic acid groups (broad SMARTS) is 1. The maximum Gasteiger partial charge on any atom is 0.231 e. The lowest BCUT2D eigenvalue weighted by atomic mass is 10.2. The van der Waals surface area contributed by atoms with Gasteiger partial charge in [-0.1, -0.05) is 6.07 Å². The molecule has 0 saturated heterocycles. The first-order chi connectivity index (χ1) is 9.70. The predicted molar refractivity (Wildman–Crippen MR) is 70.7 cm³/mol. The Labute approximate surface area is 119 Å². The molecule has 0 bridgehead atoms. The Bertz CT molecular complexity index is 641. The van der Waals surface area contributed by atoms with Crippen LogP contribution in [0.15, 0.2) is 23.6 Å². The highest BCUT2D eigenvalue weighted by molar-refractivity contribution is 7.13. The highest BCUT2D eigenvalue weighted by Crippen LogP contribution is 2.32. The summed E-state index contributed by atoms with van der Waals surface area (Å²) >= 11 is 1.37. The summed E-state index contributed by atoms with van der Waals surface area (Å²) in [5.74, 6) is 0.359. The molecular formula is C13H11N2O4S-. The number of benzene rings is 1. The van der Waals surface area contributed by atoms with Crippen molar-refractivity contribution in [2.75, 3.05) is 12.1 Å². The van der Waals surface area contributed by atoms with E-state index in [1.54, 1.807) is 5.38 Å². The molecule has 0 saturated carbocycles. The largest absolute Gasteiger partial charge is 0.550 e. The molecule has 1 aliphatic heterocycles. The van der Waals surface area contributed by atoms with Gasteiger partial charge < -0.3 is 24.7 Å². The fourth-order valence-corrected chi connectivity index (χ4v) is 2.55. The van der Waals surface area contributed by atoms with Gasteiger partial charge in [-0.2, -0.15) is 0 Å². The quantitative estimate of drug-likeness (QED) is 0.876. The number of carbonyl (C=O) groups is 1. The standard InChI is InChI=1S/C13H12N2O4S/c16-12(17)4-9-6-20-13(15-9)14-5-8-1-2-10-11(3-8)19-7-18-10/h1-3,6H,4-5,7H2,(H,14,15)(H,16,17)/p-1. The van der Waals surface area contributed by atoms with Crippen LogP contribution in [0.3, 0.4) is 0 Å². The molecule has 3 rings (SSSR count). The molecule has 0 aliphatic carbocycles. The summed E-state index contributed by atoms with van der Waals surface area (Å²) in [5.41, 5.74) is 1.54. The van der Waals surface area contributed by atoms with Gasteiger partial charge in [-0.25, -0.2) is 4.98 Å². The van der Waals surface area contributed by atoms with Crippen LogP contribution in [-0.4, -0.2) is 17.7 Å². The van der Waals surface area contributed by atoms with E-state index < -0.39 is 5.97 Å². The van der Waals surface area contributed by atoms with Crippen molar-refractivity contribution in [3.63, 3.8) is 0 Å². The summed E-state index contributed by atoms with van der Waals surface area (Å²) < 4.78 is 10.5. The summed E-state index contributed by atoms with van der Waals surface area (Å²) in [6, 6.07) is 5.71. The smallest absolute Gasteiger partial charge is 0.231 e. The van der Waals surface area contributed by atoms with Crippen LogP contribution >= 0.6 is 11.3 Å². The van der Waals surface area contributed by atoms with Crippen LogP contribution in [0.5, 0.6) is 11.5 Å². The molecule has 7 heteroatoms. The fraction of sp³-hybridized carbons (Fsp3) is 0.231. The molecule has 0 unspecified atom stereocenters. The van der Waals surface area contributed by atoms with Crippen molar-refractivity contribution in [3.05, 3.63) is 34.8 Å². The first kappa shape index (κ1) is 12.7. The number of rotatable bonds is 5. The SMILES string of the molecule is O=C([O-])Cc1csc(NCc2ccc3c(c2)OCO3)n1. The minimum absolute atomic E-state index is 0.164. The Morgan fingerprint density at radius 3 is 3.10 bits per heavy atom. The van der Waals surface area contributed by atoms with E-state index in [9.17, 15) is 9.90 Å². The number of ether oxygens (including phenoxy) is 2. The number of anilines is 1. The van der Waals surface area contributed by atoms with Gasteiger partial charge in [0.25, 0.3) is 0 Å². The van der Waals surface area contributed by atoms with Gasteiger partial charge in [0.15, 0.2) is 16.6 Å². The summed E-state index contributed by atoms with van der Waals surface area (Å²) in [6.07, 6.45) is -0.164. The average molecular weight is 291 g/mol. The molecule has 1 N–H and O–H groups in total. The number of hydrogen-bond donors (Lipinski definition) is 1. The first-order valence-corrected chi connectivity index (χ1v) is 6.85. The Balaban J connectivity index is 1.61. The number of aromatic nitrogens is 1. The molecule has 0 spiro atoms. The van der Waals surface area contributed by atoms with Gasteiger partial charge in [0.1, 0.15) is 0 Å². The van der Waals surface area contributed by atoms with Crippen molar-refractivity contribution in [2.45, 2.75) is 13.0 Å². The molecule has 2 heterocycles. The molecule has 2 aromatic rings. The zero-order valence-corrected chi connectivity index (χ0v) is 11.2. The first-order valence-electron chi connectivity index (χ1n) is 5.97. The molecule has 6 nitrogen and oxygen atoms in total. The van der Waals surface area contributed by atoms with Crippen LogP contribution in [0.25, 0.3) is 0 Å². The van der Waals surface area contributed by atoms with Gasteiger partial charge in [-0.05, 0) is 17.7 Å². The Hall–Kier alpha value is -2.28. The van der Waals surface area contributed by atoms with E-state index >= 15 is 0 Å². The summed E-state index contributed by atoms with van der Waals surface area (Å²) in [5, 5.41) is 16.0. The van der Waals surface area contributed by atoms with Gasteiger partial charge in [0, 0.05) is 24.3 Å². The maximum absolute atomic E-state index is 10.5. The summed E-state index contributed by atoms with van der Waals surface area (Å²) in [6.45, 7) is 0.834. The molecular weight excluding hydrogens is 280 g/mol. The number of hydrogen-bond acceptors (Lipinski definition) is 7. The molecule has 0 amide bonds. The van der Waals surface area contributed by atoms with E-state index in [0.717, 1.165) is 17.1 Å².